The monoisotopic (exact) mass is 656 g/mol. The summed E-state index contributed by atoms with van der Waals surface area (Å²) in [6, 6.07) is 26.9. The summed E-state index contributed by atoms with van der Waals surface area (Å²) in [5, 5.41) is 12.4. The number of carboxylic acids is 1. The number of unbranched alkanes of at least 4 members (excludes halogenated alkanes) is 4. The standard InChI is InChI=1S/C37H40N2O7S/c1-3-4-5-6-10-23-45-30-20-16-28(17-21-30)37(43)46-33-22-13-26(25-34(33)44-2)24-32(36(41)42)38-35(40)27-14-18-29(19-15-27)39-47-31-11-8-7-9-12-31/h7-9,11-22,25,32,39H,3-6,10,23-24H2,1-2H3,(H,38,40)(H,41,42). The van der Waals surface area contributed by atoms with Crippen molar-refractivity contribution in [3.05, 3.63) is 114 Å². The lowest BCUT2D eigenvalue weighted by Crippen LogP contribution is -2.42. The summed E-state index contributed by atoms with van der Waals surface area (Å²) in [5.74, 6) is -1.15. The highest BCUT2D eigenvalue weighted by atomic mass is 32.2. The fourth-order valence-electron chi connectivity index (χ4n) is 4.64. The van der Waals surface area contributed by atoms with Gasteiger partial charge >= 0.3 is 11.9 Å². The highest BCUT2D eigenvalue weighted by molar-refractivity contribution is 8.00. The van der Waals surface area contributed by atoms with Gasteiger partial charge in [-0.05, 0) is 96.7 Å². The molecule has 1 atom stereocenters. The normalized spacial score (nSPS) is 11.3. The topological polar surface area (TPSA) is 123 Å². The van der Waals surface area contributed by atoms with Crippen molar-refractivity contribution in [2.75, 3.05) is 18.4 Å². The lowest BCUT2D eigenvalue weighted by atomic mass is 10.0. The van der Waals surface area contributed by atoms with Gasteiger partial charge in [0.15, 0.2) is 11.5 Å². The highest BCUT2D eigenvalue weighted by Gasteiger charge is 2.22. The molecule has 10 heteroatoms. The number of carbonyl (C=O) groups excluding carboxylic acids is 2. The maximum atomic E-state index is 12.9. The van der Waals surface area contributed by atoms with Gasteiger partial charge in [0.05, 0.1) is 19.3 Å². The first-order chi connectivity index (χ1) is 22.9. The van der Waals surface area contributed by atoms with Gasteiger partial charge in [-0.15, -0.1) is 0 Å². The average Bonchev–Trinajstić information content (AvgIpc) is 3.10. The summed E-state index contributed by atoms with van der Waals surface area (Å²) in [7, 11) is 1.43. The molecule has 0 bridgehead atoms. The Kier molecular flexibility index (Phi) is 13.6. The van der Waals surface area contributed by atoms with Crippen LogP contribution >= 0.6 is 11.9 Å². The van der Waals surface area contributed by atoms with Crippen LogP contribution in [0.3, 0.4) is 0 Å². The van der Waals surface area contributed by atoms with Crippen LogP contribution in [0.15, 0.2) is 102 Å². The molecule has 9 nitrogen and oxygen atoms in total. The zero-order valence-electron chi connectivity index (χ0n) is 26.6. The fraction of sp³-hybridized carbons (Fsp3) is 0.270. The number of anilines is 1. The molecule has 0 fully saturated rings. The van der Waals surface area contributed by atoms with Gasteiger partial charge in [0.2, 0.25) is 0 Å². The molecule has 0 aliphatic heterocycles. The van der Waals surface area contributed by atoms with Crippen LogP contribution in [-0.4, -0.2) is 42.7 Å². The minimum atomic E-state index is -1.20. The van der Waals surface area contributed by atoms with Crippen LogP contribution in [0.5, 0.6) is 17.2 Å². The van der Waals surface area contributed by atoms with E-state index < -0.39 is 23.9 Å². The Morgan fingerprint density at radius 1 is 0.809 bits per heavy atom. The van der Waals surface area contributed by atoms with Crippen LogP contribution in [0.1, 0.15) is 65.3 Å². The minimum absolute atomic E-state index is 0.0148. The first-order valence-corrected chi connectivity index (χ1v) is 16.4. The fourth-order valence-corrected chi connectivity index (χ4v) is 5.30. The lowest BCUT2D eigenvalue weighted by molar-refractivity contribution is -0.139. The molecule has 0 heterocycles. The third-order valence-electron chi connectivity index (χ3n) is 7.26. The number of carbonyl (C=O) groups is 3. The number of esters is 1. The molecule has 4 aromatic rings. The molecule has 0 aromatic heterocycles. The van der Waals surface area contributed by atoms with Crippen molar-refractivity contribution >= 4 is 35.5 Å². The number of hydrogen-bond donors (Lipinski definition) is 3. The Bertz CT molecular complexity index is 1600. The third kappa shape index (κ3) is 11.1. The summed E-state index contributed by atoms with van der Waals surface area (Å²) < 4.78 is 20.0. The van der Waals surface area contributed by atoms with Crippen molar-refractivity contribution in [3.63, 3.8) is 0 Å². The van der Waals surface area contributed by atoms with Crippen molar-refractivity contribution in [2.45, 2.75) is 56.4 Å². The Morgan fingerprint density at radius 2 is 1.51 bits per heavy atom. The van der Waals surface area contributed by atoms with Gasteiger partial charge in [-0.3, -0.25) is 4.79 Å². The largest absolute Gasteiger partial charge is 0.494 e. The molecule has 4 rings (SSSR count). The molecule has 1 amide bonds. The van der Waals surface area contributed by atoms with E-state index in [4.69, 9.17) is 14.2 Å². The van der Waals surface area contributed by atoms with Crippen LogP contribution in [0.25, 0.3) is 0 Å². The summed E-state index contributed by atoms with van der Waals surface area (Å²) in [5.41, 5.74) is 2.04. The molecule has 0 radical (unpaired) electrons. The molecule has 0 saturated carbocycles. The number of carboxylic acid groups (broad SMARTS) is 1. The molecule has 3 N–H and O–H groups in total. The molecule has 0 spiro atoms. The van der Waals surface area contributed by atoms with Gasteiger partial charge < -0.3 is 29.4 Å². The second-order valence-corrected chi connectivity index (χ2v) is 11.7. The van der Waals surface area contributed by atoms with E-state index >= 15 is 0 Å². The van der Waals surface area contributed by atoms with Gasteiger partial charge in [0.1, 0.15) is 11.8 Å². The second-order valence-electron chi connectivity index (χ2n) is 10.8. The number of aliphatic carboxylic acids is 1. The van der Waals surface area contributed by atoms with E-state index in [9.17, 15) is 19.5 Å². The van der Waals surface area contributed by atoms with Crippen LogP contribution in [-0.2, 0) is 11.2 Å². The van der Waals surface area contributed by atoms with E-state index in [1.54, 1.807) is 66.7 Å². The Balaban J connectivity index is 1.31. The number of nitrogens with one attached hydrogen (secondary N) is 2. The summed E-state index contributed by atoms with van der Waals surface area (Å²) >= 11 is 1.44. The predicted octanol–water partition coefficient (Wildman–Crippen LogP) is 7.81. The number of rotatable bonds is 18. The van der Waals surface area contributed by atoms with Crippen LogP contribution < -0.4 is 24.2 Å². The highest BCUT2D eigenvalue weighted by Crippen LogP contribution is 2.30. The minimum Gasteiger partial charge on any atom is -0.494 e. The van der Waals surface area contributed by atoms with E-state index in [1.165, 1.54) is 38.3 Å². The molecular formula is C37H40N2O7S. The molecule has 4 aromatic carbocycles. The van der Waals surface area contributed by atoms with Gasteiger partial charge in [0, 0.05) is 22.6 Å². The number of benzene rings is 4. The van der Waals surface area contributed by atoms with Crippen LogP contribution in [0.2, 0.25) is 0 Å². The number of hydrogen-bond acceptors (Lipinski definition) is 8. The van der Waals surface area contributed by atoms with E-state index in [2.05, 4.69) is 17.0 Å². The van der Waals surface area contributed by atoms with Crippen molar-refractivity contribution < 1.29 is 33.7 Å². The molecular weight excluding hydrogens is 616 g/mol. The second kappa shape index (κ2) is 18.3. The zero-order valence-corrected chi connectivity index (χ0v) is 27.4. The number of amides is 1. The smallest absolute Gasteiger partial charge is 0.343 e. The van der Waals surface area contributed by atoms with Crippen molar-refractivity contribution in [2.24, 2.45) is 0 Å². The number of methoxy groups -OCH3 is 1. The average molecular weight is 657 g/mol. The van der Waals surface area contributed by atoms with Gasteiger partial charge in [-0.2, -0.15) is 0 Å². The lowest BCUT2D eigenvalue weighted by Gasteiger charge is -2.16. The van der Waals surface area contributed by atoms with Crippen molar-refractivity contribution in [1.82, 2.24) is 5.32 Å². The maximum Gasteiger partial charge on any atom is 0.343 e. The van der Waals surface area contributed by atoms with Gasteiger partial charge in [-0.1, -0.05) is 56.9 Å². The van der Waals surface area contributed by atoms with Crippen molar-refractivity contribution in [1.29, 1.82) is 0 Å². The summed E-state index contributed by atoms with van der Waals surface area (Å²) in [4.78, 5) is 38.8. The Hall–Kier alpha value is -4.96. The van der Waals surface area contributed by atoms with Crippen LogP contribution in [0.4, 0.5) is 5.69 Å². The molecule has 246 valence electrons. The summed E-state index contributed by atoms with van der Waals surface area (Å²) in [6.07, 6.45) is 5.74. The van der Waals surface area contributed by atoms with E-state index in [0.29, 0.717) is 29.0 Å². The molecule has 47 heavy (non-hydrogen) atoms. The third-order valence-corrected chi connectivity index (χ3v) is 8.10. The number of ether oxygens (including phenoxy) is 3. The molecule has 0 saturated heterocycles. The quantitative estimate of drug-likeness (QED) is 0.0426. The van der Waals surface area contributed by atoms with E-state index in [1.807, 2.05) is 30.3 Å². The zero-order chi connectivity index (χ0) is 33.4. The van der Waals surface area contributed by atoms with Crippen LogP contribution in [0, 0.1) is 0 Å². The summed E-state index contributed by atoms with van der Waals surface area (Å²) in [6.45, 7) is 2.81. The molecule has 1 unspecified atom stereocenters. The maximum absolute atomic E-state index is 12.9. The molecule has 0 aliphatic carbocycles. The Morgan fingerprint density at radius 3 is 2.19 bits per heavy atom. The van der Waals surface area contributed by atoms with E-state index in [-0.39, 0.29) is 17.9 Å². The SMILES string of the molecule is CCCCCCCOc1ccc(C(=O)Oc2ccc(CC(NC(=O)c3ccc(NSc4ccccc4)cc3)C(=O)O)cc2OC)cc1. The van der Waals surface area contributed by atoms with Gasteiger partial charge in [0.25, 0.3) is 5.91 Å². The van der Waals surface area contributed by atoms with Gasteiger partial charge in [-0.25, -0.2) is 9.59 Å². The predicted molar refractivity (Wildman–Crippen MR) is 184 cm³/mol. The molecule has 0 aliphatic rings. The van der Waals surface area contributed by atoms with Crippen molar-refractivity contribution in [3.8, 4) is 17.2 Å². The first kappa shape index (κ1) is 34.9. The van der Waals surface area contributed by atoms with E-state index in [0.717, 1.165) is 23.4 Å². The Labute approximate surface area is 279 Å². The first-order valence-electron chi connectivity index (χ1n) is 15.6.